The van der Waals surface area contributed by atoms with Gasteiger partial charge < -0.3 is 14.6 Å². The molecule has 0 saturated heterocycles. The van der Waals surface area contributed by atoms with Gasteiger partial charge in [-0.25, -0.2) is 0 Å². The monoisotopic (exact) mass is 438 g/mol. The highest BCUT2D eigenvalue weighted by Crippen LogP contribution is 2.28. The molecule has 1 aliphatic carbocycles. The van der Waals surface area contributed by atoms with Gasteiger partial charge in [0.1, 0.15) is 0 Å². The van der Waals surface area contributed by atoms with E-state index < -0.39 is 0 Å². The van der Waals surface area contributed by atoms with Crippen LogP contribution in [0, 0.1) is 5.92 Å². The van der Waals surface area contributed by atoms with Crippen LogP contribution in [0.4, 0.5) is 0 Å². The molecule has 0 atom stereocenters. The van der Waals surface area contributed by atoms with E-state index >= 15 is 0 Å². The predicted molar refractivity (Wildman–Crippen MR) is 122 cm³/mol. The van der Waals surface area contributed by atoms with Crippen LogP contribution < -0.4 is 5.32 Å². The van der Waals surface area contributed by atoms with Crippen LogP contribution >= 0.6 is 11.6 Å². The summed E-state index contributed by atoms with van der Waals surface area (Å²) in [6.45, 7) is 0.670. The summed E-state index contributed by atoms with van der Waals surface area (Å²) in [5.41, 5.74) is 2.75. The molecule has 0 bridgehead atoms. The number of carbonyl (C=O) groups excluding carboxylic acids is 2. The van der Waals surface area contributed by atoms with Crippen LogP contribution in [0.3, 0.4) is 0 Å². The fourth-order valence-electron chi connectivity index (χ4n) is 4.46. The summed E-state index contributed by atoms with van der Waals surface area (Å²) in [5.74, 6) is 0.152. The highest BCUT2D eigenvalue weighted by molar-refractivity contribution is 6.30. The second-order valence-corrected chi connectivity index (χ2v) is 8.72. The Bertz CT molecular complexity index is 1070. The second kappa shape index (κ2) is 9.56. The van der Waals surface area contributed by atoms with E-state index in [0.29, 0.717) is 29.5 Å². The van der Waals surface area contributed by atoms with Crippen LogP contribution in [0.15, 0.2) is 54.7 Å². The van der Waals surface area contributed by atoms with Crippen LogP contribution in [0.1, 0.15) is 48.0 Å². The lowest BCUT2D eigenvalue weighted by atomic mass is 9.84. The number of benzene rings is 2. The van der Waals surface area contributed by atoms with E-state index in [-0.39, 0.29) is 17.9 Å². The molecule has 0 radical (unpaired) electrons. The topological polar surface area (TPSA) is 60.3 Å². The first-order chi connectivity index (χ1) is 15.0. The number of ether oxygens (including phenoxy) is 1. The number of methoxy groups -OCH3 is 1. The smallest absolute Gasteiger partial charge is 0.305 e. The number of aromatic nitrogens is 1. The minimum absolute atomic E-state index is 0.0434. The van der Waals surface area contributed by atoms with Gasteiger partial charge in [0.05, 0.1) is 18.2 Å². The van der Waals surface area contributed by atoms with Crippen LogP contribution in [0.2, 0.25) is 5.02 Å². The normalized spacial score (nSPS) is 18.6. The number of para-hydroxylation sites is 1. The lowest BCUT2D eigenvalue weighted by Crippen LogP contribution is -2.38. The first-order valence-corrected chi connectivity index (χ1v) is 11.1. The van der Waals surface area contributed by atoms with Gasteiger partial charge in [0, 0.05) is 35.6 Å². The van der Waals surface area contributed by atoms with Crippen LogP contribution in [0.25, 0.3) is 10.9 Å². The molecule has 5 nitrogen and oxygen atoms in total. The molecule has 1 fully saturated rings. The fourth-order valence-corrected chi connectivity index (χ4v) is 4.58. The van der Waals surface area contributed by atoms with Gasteiger partial charge in [-0.2, -0.15) is 0 Å². The Morgan fingerprint density at radius 1 is 1.06 bits per heavy atom. The fraction of sp³-hybridized carbons (Fsp3) is 0.360. The molecule has 0 unspecified atom stereocenters. The van der Waals surface area contributed by atoms with E-state index in [2.05, 4.69) is 9.88 Å². The molecule has 4 rings (SSSR count). The Morgan fingerprint density at radius 3 is 2.52 bits per heavy atom. The number of nitrogens with one attached hydrogen (secondary N) is 1. The van der Waals surface area contributed by atoms with Gasteiger partial charge in [-0.15, -0.1) is 0 Å². The highest BCUT2D eigenvalue weighted by atomic mass is 35.5. The van der Waals surface area contributed by atoms with Gasteiger partial charge in [0.25, 0.3) is 5.91 Å². The van der Waals surface area contributed by atoms with Gasteiger partial charge >= 0.3 is 5.97 Å². The van der Waals surface area contributed by atoms with Gasteiger partial charge in [-0.3, -0.25) is 9.59 Å². The van der Waals surface area contributed by atoms with Crippen molar-refractivity contribution < 1.29 is 14.3 Å². The molecule has 3 aromatic rings. The SMILES string of the molecule is COC(=O)CC1CCC(NC(=O)c2cccc3ccn(Cc4ccc(Cl)cc4)c23)CC1. The zero-order chi connectivity index (χ0) is 21.8. The number of rotatable bonds is 6. The van der Waals surface area contributed by atoms with Crippen molar-refractivity contribution in [1.29, 1.82) is 0 Å². The molecule has 1 amide bonds. The van der Waals surface area contributed by atoms with E-state index in [4.69, 9.17) is 16.3 Å². The first-order valence-electron chi connectivity index (χ1n) is 10.7. The van der Waals surface area contributed by atoms with E-state index in [9.17, 15) is 9.59 Å². The Kier molecular flexibility index (Phi) is 6.62. The molecule has 0 aliphatic heterocycles. The van der Waals surface area contributed by atoms with Gasteiger partial charge in [-0.1, -0.05) is 35.9 Å². The number of hydrogen-bond donors (Lipinski definition) is 1. The molecule has 31 heavy (non-hydrogen) atoms. The summed E-state index contributed by atoms with van der Waals surface area (Å²) in [5, 5.41) is 4.97. The lowest BCUT2D eigenvalue weighted by Gasteiger charge is -2.28. The molecule has 1 aliphatic rings. The largest absolute Gasteiger partial charge is 0.469 e. The van der Waals surface area contributed by atoms with E-state index in [0.717, 1.165) is 42.1 Å². The third-order valence-corrected chi connectivity index (χ3v) is 6.42. The second-order valence-electron chi connectivity index (χ2n) is 8.28. The molecule has 1 heterocycles. The van der Waals surface area contributed by atoms with Crippen LogP contribution in [-0.2, 0) is 16.1 Å². The Balaban J connectivity index is 1.46. The molecular weight excluding hydrogens is 412 g/mol. The van der Waals surface area contributed by atoms with Crippen molar-refractivity contribution in [3.63, 3.8) is 0 Å². The number of nitrogens with zero attached hydrogens (tertiary/aromatic N) is 1. The zero-order valence-corrected chi connectivity index (χ0v) is 18.4. The predicted octanol–water partition coefficient (Wildman–Crippen LogP) is 5.19. The summed E-state index contributed by atoms with van der Waals surface area (Å²) in [7, 11) is 1.43. The molecule has 6 heteroatoms. The van der Waals surface area contributed by atoms with Crippen molar-refractivity contribution in [3.8, 4) is 0 Å². The van der Waals surface area contributed by atoms with Crippen molar-refractivity contribution in [2.24, 2.45) is 5.92 Å². The molecule has 1 aromatic heterocycles. The van der Waals surface area contributed by atoms with Crippen molar-refractivity contribution in [1.82, 2.24) is 9.88 Å². The molecule has 0 spiro atoms. The number of halogens is 1. The molecule has 2 aromatic carbocycles. The van der Waals surface area contributed by atoms with E-state index in [1.165, 1.54) is 7.11 Å². The van der Waals surface area contributed by atoms with Crippen LogP contribution in [0.5, 0.6) is 0 Å². The highest BCUT2D eigenvalue weighted by Gasteiger charge is 2.25. The quantitative estimate of drug-likeness (QED) is 0.538. The van der Waals surface area contributed by atoms with Crippen molar-refractivity contribution in [3.05, 3.63) is 70.9 Å². The van der Waals surface area contributed by atoms with Crippen molar-refractivity contribution in [2.75, 3.05) is 7.11 Å². The maximum atomic E-state index is 13.2. The van der Waals surface area contributed by atoms with Crippen molar-refractivity contribution in [2.45, 2.75) is 44.7 Å². The van der Waals surface area contributed by atoms with E-state index in [1.54, 1.807) is 0 Å². The minimum Gasteiger partial charge on any atom is -0.469 e. The lowest BCUT2D eigenvalue weighted by molar-refractivity contribution is -0.142. The number of amides is 1. The van der Waals surface area contributed by atoms with Gasteiger partial charge in [-0.05, 0) is 61.4 Å². The Hall–Kier alpha value is -2.79. The third kappa shape index (κ3) is 5.10. The minimum atomic E-state index is -0.152. The average molecular weight is 439 g/mol. The maximum Gasteiger partial charge on any atom is 0.305 e. The maximum absolute atomic E-state index is 13.2. The summed E-state index contributed by atoms with van der Waals surface area (Å²) in [4.78, 5) is 24.7. The van der Waals surface area contributed by atoms with Crippen LogP contribution in [-0.4, -0.2) is 29.6 Å². The standard InChI is InChI=1S/C25H27ClN2O3/c1-31-23(29)15-17-7-11-21(12-8-17)27-25(30)22-4-2-3-19-13-14-28(24(19)22)16-18-5-9-20(26)10-6-18/h2-6,9-10,13-14,17,21H,7-8,11-12,15-16H2,1H3,(H,27,30). The molecular formula is C25H27ClN2O3. The number of esters is 1. The van der Waals surface area contributed by atoms with E-state index in [1.807, 2.05) is 54.7 Å². The number of fused-ring (bicyclic) bond motifs is 1. The van der Waals surface area contributed by atoms with Gasteiger partial charge in [0.15, 0.2) is 0 Å². The van der Waals surface area contributed by atoms with Crippen molar-refractivity contribution >= 4 is 34.4 Å². The number of carbonyl (C=O) groups is 2. The zero-order valence-electron chi connectivity index (χ0n) is 17.6. The average Bonchev–Trinajstić information content (AvgIpc) is 3.19. The summed E-state index contributed by atoms with van der Waals surface area (Å²) >= 11 is 6.01. The van der Waals surface area contributed by atoms with Gasteiger partial charge in [0.2, 0.25) is 0 Å². The molecule has 162 valence electrons. The first kappa shape index (κ1) is 21.4. The Labute approximate surface area is 187 Å². The summed E-state index contributed by atoms with van der Waals surface area (Å²) < 4.78 is 6.89. The summed E-state index contributed by atoms with van der Waals surface area (Å²) in [6.07, 6.45) is 6.11. The molecule has 1 N–H and O–H groups in total. The number of hydrogen-bond acceptors (Lipinski definition) is 3. The summed E-state index contributed by atoms with van der Waals surface area (Å²) in [6, 6.07) is 15.8. The Morgan fingerprint density at radius 2 is 1.81 bits per heavy atom. The molecule has 1 saturated carbocycles. The third-order valence-electron chi connectivity index (χ3n) is 6.16.